The Balaban J connectivity index is 2.35. The lowest BCUT2D eigenvalue weighted by Crippen LogP contribution is -2.38. The van der Waals surface area contributed by atoms with Gasteiger partial charge >= 0.3 is 12.3 Å². The summed E-state index contributed by atoms with van der Waals surface area (Å²) in [6.07, 6.45) is -1.75. The highest BCUT2D eigenvalue weighted by atomic mass is 32.2. The molecule has 17 heavy (non-hydrogen) atoms. The van der Waals surface area contributed by atoms with Gasteiger partial charge in [0.2, 0.25) is 0 Å². The van der Waals surface area contributed by atoms with E-state index in [1.807, 2.05) is 6.26 Å². The molecule has 1 aromatic rings. The third kappa shape index (κ3) is 4.59. The minimum Gasteiger partial charge on any atom is -0.464 e. The monoisotopic (exact) mass is 271 g/mol. The van der Waals surface area contributed by atoms with Crippen LogP contribution in [0.5, 0.6) is 0 Å². The molecule has 1 N–H and O–H groups in total. The van der Waals surface area contributed by atoms with Crippen molar-refractivity contribution in [2.75, 3.05) is 12.8 Å². The molecule has 0 aliphatic heterocycles. The topological polar surface area (TPSA) is 25.2 Å². The molecule has 0 aliphatic rings. The van der Waals surface area contributed by atoms with E-state index >= 15 is 0 Å². The quantitative estimate of drug-likeness (QED) is 0.771. The van der Waals surface area contributed by atoms with Crippen molar-refractivity contribution in [2.24, 2.45) is 0 Å². The van der Waals surface area contributed by atoms with Crippen molar-refractivity contribution in [3.63, 3.8) is 0 Å². The van der Waals surface area contributed by atoms with Gasteiger partial charge in [-0.05, 0) is 18.4 Å². The van der Waals surface area contributed by atoms with Crippen LogP contribution in [0.3, 0.4) is 0 Å². The molecule has 0 unspecified atom stereocenters. The van der Waals surface area contributed by atoms with Crippen molar-refractivity contribution in [1.29, 1.82) is 0 Å². The van der Waals surface area contributed by atoms with Gasteiger partial charge in [-0.3, -0.25) is 0 Å². The largest absolute Gasteiger partial charge is 0.464 e. The second kappa shape index (κ2) is 6.30. The minimum absolute atomic E-state index is 0.0106. The predicted molar refractivity (Wildman–Crippen MR) is 58.6 cm³/mol. The molecule has 1 aromatic heterocycles. The molecule has 0 spiro atoms. The molecular formula is C10H13F4NOS. The van der Waals surface area contributed by atoms with Crippen LogP contribution >= 0.6 is 11.8 Å². The number of thioether (sulfide) groups is 1. The molecule has 0 bridgehead atoms. The Morgan fingerprint density at radius 1 is 1.35 bits per heavy atom. The van der Waals surface area contributed by atoms with Gasteiger partial charge in [-0.25, -0.2) is 8.78 Å². The fourth-order valence-electron chi connectivity index (χ4n) is 1.17. The van der Waals surface area contributed by atoms with Crippen LogP contribution in [0.25, 0.3) is 0 Å². The van der Waals surface area contributed by atoms with Crippen LogP contribution in [-0.2, 0) is 12.3 Å². The van der Waals surface area contributed by atoms with Crippen LogP contribution < -0.4 is 5.32 Å². The summed E-state index contributed by atoms with van der Waals surface area (Å²) >= 11 is 1.57. The maximum absolute atomic E-state index is 12.5. The first kappa shape index (κ1) is 14.4. The van der Waals surface area contributed by atoms with Gasteiger partial charge < -0.3 is 9.73 Å². The summed E-state index contributed by atoms with van der Waals surface area (Å²) in [5.74, 6) is -2.13. The van der Waals surface area contributed by atoms with E-state index in [0.717, 1.165) is 5.76 Å². The van der Waals surface area contributed by atoms with E-state index in [2.05, 4.69) is 5.32 Å². The van der Waals surface area contributed by atoms with Gasteiger partial charge in [0.05, 0.1) is 18.8 Å². The molecule has 0 atom stereocenters. The highest BCUT2D eigenvalue weighted by Crippen LogP contribution is 2.21. The average Bonchev–Trinajstić information content (AvgIpc) is 2.66. The molecule has 0 amide bonds. The molecule has 0 aliphatic carbocycles. The Kier molecular flexibility index (Phi) is 5.32. The van der Waals surface area contributed by atoms with Crippen molar-refractivity contribution in [1.82, 2.24) is 5.32 Å². The molecule has 1 heterocycles. The zero-order chi connectivity index (χ0) is 12.9. The van der Waals surface area contributed by atoms with Crippen LogP contribution in [0.4, 0.5) is 17.6 Å². The normalized spacial score (nSPS) is 12.4. The Morgan fingerprint density at radius 2 is 2.00 bits per heavy atom. The maximum atomic E-state index is 12.5. The molecule has 1 rings (SSSR count). The Morgan fingerprint density at radius 3 is 2.59 bits per heavy atom. The predicted octanol–water partition coefficient (Wildman–Crippen LogP) is 3.13. The summed E-state index contributed by atoms with van der Waals surface area (Å²) < 4.78 is 54.0. The molecule has 2 nitrogen and oxygen atoms in total. The van der Waals surface area contributed by atoms with Crippen LogP contribution in [0.2, 0.25) is 0 Å². The van der Waals surface area contributed by atoms with E-state index in [1.165, 1.54) is 0 Å². The van der Waals surface area contributed by atoms with E-state index in [9.17, 15) is 17.6 Å². The summed E-state index contributed by atoms with van der Waals surface area (Å²) in [5, 5.41) is 2.25. The molecule has 0 radical (unpaired) electrons. The van der Waals surface area contributed by atoms with Gasteiger partial charge in [0, 0.05) is 0 Å². The molecular weight excluding hydrogens is 258 g/mol. The minimum atomic E-state index is -4.01. The van der Waals surface area contributed by atoms with Gasteiger partial charge in [0.25, 0.3) is 0 Å². The zero-order valence-electron chi connectivity index (χ0n) is 9.18. The van der Waals surface area contributed by atoms with E-state index in [0.29, 0.717) is 11.5 Å². The summed E-state index contributed by atoms with van der Waals surface area (Å²) in [6.45, 7) is -1.06. The summed E-state index contributed by atoms with van der Waals surface area (Å²) in [4.78, 5) is 0. The number of nitrogens with one attached hydrogen (secondary N) is 1. The highest BCUT2D eigenvalue weighted by Gasteiger charge is 2.39. The molecule has 0 saturated heterocycles. The van der Waals surface area contributed by atoms with Crippen molar-refractivity contribution < 1.29 is 22.0 Å². The van der Waals surface area contributed by atoms with Crippen molar-refractivity contribution in [3.8, 4) is 0 Å². The average molecular weight is 271 g/mol. The van der Waals surface area contributed by atoms with Gasteiger partial charge in [-0.2, -0.15) is 20.5 Å². The molecule has 98 valence electrons. The van der Waals surface area contributed by atoms with E-state index in [1.54, 1.807) is 23.9 Å². The summed E-state index contributed by atoms with van der Waals surface area (Å²) in [6, 6.07) is 3.37. The Labute approximate surface area is 101 Å². The number of furan rings is 1. The van der Waals surface area contributed by atoms with Gasteiger partial charge in [-0.15, -0.1) is 0 Å². The SMILES string of the molecule is CSCc1ccc(CNCC(F)(F)C(F)F)o1. The van der Waals surface area contributed by atoms with Crippen LogP contribution in [0.15, 0.2) is 16.5 Å². The van der Waals surface area contributed by atoms with Crippen LogP contribution in [0, 0.1) is 0 Å². The lowest BCUT2D eigenvalue weighted by molar-refractivity contribution is -0.125. The molecule has 0 fully saturated rings. The first-order chi connectivity index (χ1) is 7.95. The lowest BCUT2D eigenvalue weighted by Gasteiger charge is -2.15. The van der Waals surface area contributed by atoms with Crippen LogP contribution in [0.1, 0.15) is 11.5 Å². The Hall–Kier alpha value is -0.690. The molecule has 0 aromatic carbocycles. The zero-order valence-corrected chi connectivity index (χ0v) is 10.00. The van der Waals surface area contributed by atoms with Crippen molar-refractivity contribution in [2.45, 2.75) is 24.6 Å². The Bertz CT molecular complexity index is 343. The fraction of sp³-hybridized carbons (Fsp3) is 0.600. The third-order valence-corrected chi connectivity index (χ3v) is 2.56. The standard InChI is InChI=1S/C10H13F4NOS/c1-17-5-8-3-2-7(16-8)4-15-6-10(13,14)9(11)12/h2-3,9,15H,4-6H2,1H3. The number of rotatable bonds is 7. The van der Waals surface area contributed by atoms with Crippen LogP contribution in [-0.4, -0.2) is 25.1 Å². The number of hydrogen-bond donors (Lipinski definition) is 1. The first-order valence-corrected chi connectivity index (χ1v) is 6.28. The second-order valence-electron chi connectivity index (χ2n) is 3.47. The summed E-state index contributed by atoms with van der Waals surface area (Å²) in [7, 11) is 0. The maximum Gasteiger partial charge on any atom is 0.319 e. The van der Waals surface area contributed by atoms with Crippen molar-refractivity contribution >= 4 is 11.8 Å². The highest BCUT2D eigenvalue weighted by molar-refractivity contribution is 7.97. The van der Waals surface area contributed by atoms with Gasteiger partial charge in [0.1, 0.15) is 11.5 Å². The van der Waals surface area contributed by atoms with E-state index < -0.39 is 18.9 Å². The smallest absolute Gasteiger partial charge is 0.319 e. The third-order valence-electron chi connectivity index (χ3n) is 1.98. The van der Waals surface area contributed by atoms with Gasteiger partial charge in [-0.1, -0.05) is 0 Å². The molecule has 0 saturated carbocycles. The molecule has 7 heteroatoms. The lowest BCUT2D eigenvalue weighted by atomic mass is 10.3. The second-order valence-corrected chi connectivity index (χ2v) is 4.33. The van der Waals surface area contributed by atoms with E-state index in [-0.39, 0.29) is 6.54 Å². The first-order valence-electron chi connectivity index (χ1n) is 4.89. The summed E-state index contributed by atoms with van der Waals surface area (Å²) in [5.41, 5.74) is 0. The fourth-order valence-corrected chi connectivity index (χ4v) is 1.61. The number of halogens is 4. The number of alkyl halides is 4. The number of hydrogen-bond acceptors (Lipinski definition) is 3. The van der Waals surface area contributed by atoms with E-state index in [4.69, 9.17) is 4.42 Å². The van der Waals surface area contributed by atoms with Gasteiger partial charge in [0.15, 0.2) is 0 Å². The van der Waals surface area contributed by atoms with Crippen molar-refractivity contribution in [3.05, 3.63) is 23.7 Å².